The molecule has 1 aromatic heterocycles. The maximum Gasteiger partial charge on any atom is 0.228 e. The summed E-state index contributed by atoms with van der Waals surface area (Å²) >= 11 is 0. The predicted molar refractivity (Wildman–Crippen MR) is 73.7 cm³/mol. The summed E-state index contributed by atoms with van der Waals surface area (Å²) < 4.78 is 0. The number of pyridine rings is 1. The highest BCUT2D eigenvalue weighted by molar-refractivity contribution is 5.78. The molecule has 1 unspecified atom stereocenters. The van der Waals surface area contributed by atoms with Crippen LogP contribution in [0.4, 0.5) is 0 Å². The van der Waals surface area contributed by atoms with Crippen molar-refractivity contribution in [1.82, 2.24) is 9.88 Å². The van der Waals surface area contributed by atoms with E-state index < -0.39 is 0 Å². The number of piperidine rings is 1. The standard InChI is InChI=1S/C15H22N2O2/c1-12-4-2-7-16-14(12)10-15(19)17-8-3-5-13(11-17)6-9-18/h2,4,7,13,18H,3,5-6,8-11H2,1H3. The summed E-state index contributed by atoms with van der Waals surface area (Å²) in [6.07, 6.45) is 5.08. The molecule has 2 heterocycles. The van der Waals surface area contributed by atoms with Gasteiger partial charge in [-0.2, -0.15) is 0 Å². The lowest BCUT2D eigenvalue weighted by Gasteiger charge is -2.32. The van der Waals surface area contributed by atoms with Gasteiger partial charge in [-0.1, -0.05) is 6.07 Å². The number of aryl methyl sites for hydroxylation is 1. The molecular weight excluding hydrogens is 240 g/mol. The van der Waals surface area contributed by atoms with E-state index in [4.69, 9.17) is 5.11 Å². The van der Waals surface area contributed by atoms with Crippen LogP contribution >= 0.6 is 0 Å². The van der Waals surface area contributed by atoms with Gasteiger partial charge in [0, 0.05) is 25.9 Å². The van der Waals surface area contributed by atoms with E-state index in [1.165, 1.54) is 0 Å². The van der Waals surface area contributed by atoms with E-state index in [1.807, 2.05) is 24.0 Å². The normalized spacial score (nSPS) is 19.5. The van der Waals surface area contributed by atoms with Crippen LogP contribution in [0.3, 0.4) is 0 Å². The fraction of sp³-hybridized carbons (Fsp3) is 0.600. The van der Waals surface area contributed by atoms with Crippen LogP contribution < -0.4 is 0 Å². The molecule has 1 fully saturated rings. The average molecular weight is 262 g/mol. The second-order valence-corrected chi connectivity index (χ2v) is 5.30. The molecule has 0 spiro atoms. The van der Waals surface area contributed by atoms with Crippen LogP contribution in [0.15, 0.2) is 18.3 Å². The maximum atomic E-state index is 12.3. The number of rotatable bonds is 4. The highest BCUT2D eigenvalue weighted by atomic mass is 16.3. The molecule has 0 bridgehead atoms. The minimum atomic E-state index is 0.157. The first-order valence-electron chi connectivity index (χ1n) is 7.00. The molecule has 1 saturated heterocycles. The monoisotopic (exact) mass is 262 g/mol. The van der Waals surface area contributed by atoms with Gasteiger partial charge in [-0.05, 0) is 43.7 Å². The summed E-state index contributed by atoms with van der Waals surface area (Å²) in [5.74, 6) is 0.608. The van der Waals surface area contributed by atoms with Gasteiger partial charge in [0.1, 0.15) is 0 Å². The molecule has 2 rings (SSSR count). The van der Waals surface area contributed by atoms with E-state index in [0.29, 0.717) is 12.3 Å². The van der Waals surface area contributed by atoms with Crippen LogP contribution in [0, 0.1) is 12.8 Å². The fourth-order valence-electron chi connectivity index (χ4n) is 2.67. The summed E-state index contributed by atoms with van der Waals surface area (Å²) in [6.45, 7) is 3.82. The number of likely N-dealkylation sites (tertiary alicyclic amines) is 1. The van der Waals surface area contributed by atoms with Crippen molar-refractivity contribution in [3.63, 3.8) is 0 Å². The Morgan fingerprint density at radius 3 is 3.16 bits per heavy atom. The van der Waals surface area contributed by atoms with Gasteiger partial charge in [0.15, 0.2) is 0 Å². The van der Waals surface area contributed by atoms with Crippen LogP contribution in [0.25, 0.3) is 0 Å². The Morgan fingerprint density at radius 1 is 1.58 bits per heavy atom. The zero-order chi connectivity index (χ0) is 13.7. The third kappa shape index (κ3) is 3.77. The van der Waals surface area contributed by atoms with Crippen LogP contribution in [0.1, 0.15) is 30.5 Å². The van der Waals surface area contributed by atoms with Gasteiger partial charge in [0.05, 0.1) is 12.1 Å². The van der Waals surface area contributed by atoms with Crippen molar-refractivity contribution in [3.8, 4) is 0 Å². The molecule has 1 N–H and O–H groups in total. The number of carbonyl (C=O) groups excluding carboxylic acids is 1. The van der Waals surface area contributed by atoms with Gasteiger partial charge in [-0.15, -0.1) is 0 Å². The molecule has 1 atom stereocenters. The van der Waals surface area contributed by atoms with Crippen molar-refractivity contribution in [2.45, 2.75) is 32.6 Å². The molecule has 4 nitrogen and oxygen atoms in total. The van der Waals surface area contributed by atoms with E-state index in [-0.39, 0.29) is 12.5 Å². The summed E-state index contributed by atoms with van der Waals surface area (Å²) in [5.41, 5.74) is 1.94. The summed E-state index contributed by atoms with van der Waals surface area (Å²) in [5, 5.41) is 9.00. The van der Waals surface area contributed by atoms with Gasteiger partial charge < -0.3 is 10.0 Å². The summed E-state index contributed by atoms with van der Waals surface area (Å²) in [4.78, 5) is 18.5. The fourth-order valence-corrected chi connectivity index (χ4v) is 2.67. The first kappa shape index (κ1) is 14.0. The Morgan fingerprint density at radius 2 is 2.42 bits per heavy atom. The first-order chi connectivity index (χ1) is 9.20. The molecule has 0 aromatic carbocycles. The Kier molecular flexibility index (Phi) is 4.91. The van der Waals surface area contributed by atoms with E-state index >= 15 is 0 Å². The number of nitrogens with zero attached hydrogens (tertiary/aromatic N) is 2. The Hall–Kier alpha value is -1.42. The van der Waals surface area contributed by atoms with Crippen molar-refractivity contribution in [3.05, 3.63) is 29.6 Å². The van der Waals surface area contributed by atoms with Crippen molar-refractivity contribution in [2.75, 3.05) is 19.7 Å². The average Bonchev–Trinajstić information content (AvgIpc) is 2.42. The maximum absolute atomic E-state index is 12.3. The van der Waals surface area contributed by atoms with Crippen LogP contribution in [-0.4, -0.2) is 40.6 Å². The molecule has 4 heteroatoms. The second-order valence-electron chi connectivity index (χ2n) is 5.30. The lowest BCUT2D eigenvalue weighted by Crippen LogP contribution is -2.41. The predicted octanol–water partition coefficient (Wildman–Crippen LogP) is 1.55. The zero-order valence-corrected chi connectivity index (χ0v) is 11.5. The molecule has 1 aromatic rings. The number of aliphatic hydroxyl groups is 1. The van der Waals surface area contributed by atoms with E-state index in [1.54, 1.807) is 6.20 Å². The smallest absolute Gasteiger partial charge is 0.228 e. The van der Waals surface area contributed by atoms with E-state index in [9.17, 15) is 4.79 Å². The highest BCUT2D eigenvalue weighted by Crippen LogP contribution is 2.20. The minimum Gasteiger partial charge on any atom is -0.396 e. The van der Waals surface area contributed by atoms with Crippen LogP contribution in [0.5, 0.6) is 0 Å². The lowest BCUT2D eigenvalue weighted by molar-refractivity contribution is -0.132. The number of carbonyl (C=O) groups is 1. The number of amides is 1. The van der Waals surface area contributed by atoms with Crippen molar-refractivity contribution < 1.29 is 9.90 Å². The van der Waals surface area contributed by atoms with Gasteiger partial charge >= 0.3 is 0 Å². The summed E-state index contributed by atoms with van der Waals surface area (Å²) in [7, 11) is 0. The van der Waals surface area contributed by atoms with Crippen molar-refractivity contribution in [1.29, 1.82) is 0 Å². The molecule has 0 aliphatic carbocycles. The molecule has 19 heavy (non-hydrogen) atoms. The van der Waals surface area contributed by atoms with Crippen LogP contribution in [0.2, 0.25) is 0 Å². The molecule has 1 amide bonds. The molecular formula is C15H22N2O2. The lowest BCUT2D eigenvalue weighted by atomic mass is 9.95. The Bertz CT molecular complexity index is 432. The molecule has 1 aliphatic heterocycles. The molecule has 1 aliphatic rings. The third-order valence-electron chi connectivity index (χ3n) is 3.85. The number of aliphatic hydroxyl groups excluding tert-OH is 1. The zero-order valence-electron chi connectivity index (χ0n) is 11.5. The quantitative estimate of drug-likeness (QED) is 0.895. The van der Waals surface area contributed by atoms with Gasteiger partial charge in [-0.25, -0.2) is 0 Å². The Labute approximate surface area is 114 Å². The van der Waals surface area contributed by atoms with Crippen molar-refractivity contribution >= 4 is 5.91 Å². The highest BCUT2D eigenvalue weighted by Gasteiger charge is 2.23. The molecule has 104 valence electrons. The molecule has 0 radical (unpaired) electrons. The van der Waals surface area contributed by atoms with E-state index in [0.717, 1.165) is 43.6 Å². The van der Waals surface area contributed by atoms with Gasteiger partial charge in [-0.3, -0.25) is 9.78 Å². The molecule has 0 saturated carbocycles. The number of hydrogen-bond acceptors (Lipinski definition) is 3. The van der Waals surface area contributed by atoms with E-state index in [2.05, 4.69) is 4.98 Å². The largest absolute Gasteiger partial charge is 0.396 e. The van der Waals surface area contributed by atoms with Crippen molar-refractivity contribution in [2.24, 2.45) is 5.92 Å². The van der Waals surface area contributed by atoms with Crippen LogP contribution in [-0.2, 0) is 11.2 Å². The first-order valence-corrected chi connectivity index (χ1v) is 7.00. The summed E-state index contributed by atoms with van der Waals surface area (Å²) in [6, 6.07) is 3.88. The topological polar surface area (TPSA) is 53.4 Å². The number of aromatic nitrogens is 1. The minimum absolute atomic E-state index is 0.157. The number of hydrogen-bond donors (Lipinski definition) is 1. The SMILES string of the molecule is Cc1cccnc1CC(=O)N1CCCC(CCO)C1. The third-order valence-corrected chi connectivity index (χ3v) is 3.85. The van der Waals surface area contributed by atoms with Gasteiger partial charge in [0.2, 0.25) is 5.91 Å². The van der Waals surface area contributed by atoms with Gasteiger partial charge in [0.25, 0.3) is 0 Å². The second kappa shape index (κ2) is 6.66. The Balaban J connectivity index is 1.94.